The maximum atomic E-state index is 14.2. The number of hydrogen-bond acceptors (Lipinski definition) is 9. The van der Waals surface area contributed by atoms with Crippen molar-refractivity contribution in [2.75, 3.05) is 49.5 Å². The van der Waals surface area contributed by atoms with Gasteiger partial charge in [0, 0.05) is 44.0 Å². The zero-order chi connectivity index (χ0) is 35.8. The Morgan fingerprint density at radius 2 is 1.74 bits per heavy atom. The summed E-state index contributed by atoms with van der Waals surface area (Å²) in [6.45, 7) is 13.1. The number of nitrogens with zero attached hydrogens (tertiary/aromatic N) is 6. The second-order valence-electron chi connectivity index (χ2n) is 11.9. The summed E-state index contributed by atoms with van der Waals surface area (Å²) >= 11 is 1.68. The van der Waals surface area contributed by atoms with E-state index < -0.39 is 0 Å². The Balaban J connectivity index is 0.00000117. The summed E-state index contributed by atoms with van der Waals surface area (Å²) in [5.41, 5.74) is 5.55. The Hall–Kier alpha value is -4.36. The van der Waals surface area contributed by atoms with Crippen LogP contribution in [0.3, 0.4) is 0 Å². The van der Waals surface area contributed by atoms with Gasteiger partial charge in [0.1, 0.15) is 12.2 Å². The van der Waals surface area contributed by atoms with Crippen LogP contribution in [0.5, 0.6) is 0 Å². The maximum Gasteiger partial charge on any atom is 0.299 e. The third-order valence-electron chi connectivity index (χ3n) is 8.88. The third-order valence-corrected chi connectivity index (χ3v) is 10.0. The molecule has 4 heterocycles. The van der Waals surface area contributed by atoms with Crippen LogP contribution >= 0.6 is 11.9 Å². The highest BCUT2D eigenvalue weighted by atomic mass is 32.2. The van der Waals surface area contributed by atoms with Crippen molar-refractivity contribution in [2.24, 2.45) is 0 Å². The van der Waals surface area contributed by atoms with Crippen LogP contribution in [0.15, 0.2) is 47.3 Å². The van der Waals surface area contributed by atoms with Crippen LogP contribution in [0.1, 0.15) is 74.6 Å². The molecule has 2 aromatic carbocycles. The zero-order valence-electron chi connectivity index (χ0n) is 30.1. The summed E-state index contributed by atoms with van der Waals surface area (Å²) in [5, 5.41) is 8.00. The van der Waals surface area contributed by atoms with Crippen LogP contribution in [0.2, 0.25) is 0 Å². The minimum absolute atomic E-state index is 0.00276. The lowest BCUT2D eigenvalue weighted by molar-refractivity contribution is -0.121. The first-order chi connectivity index (χ1) is 24.4. The molecule has 2 aliphatic heterocycles. The van der Waals surface area contributed by atoms with E-state index in [2.05, 4.69) is 16.1 Å². The SMILES string of the molecule is CC.CC.CCc1c(N2CCN(C(=O)c3ccccc3NSC3CC3)CC2)c(=O)n2nc(-c3ccc4c(c3)CCOC4)nc2n1CC(=O)NC. The third kappa shape index (κ3) is 7.83. The van der Waals surface area contributed by atoms with E-state index in [9.17, 15) is 14.4 Å². The van der Waals surface area contributed by atoms with Gasteiger partial charge in [-0.2, -0.15) is 9.50 Å². The number of para-hydroxylation sites is 1. The van der Waals surface area contributed by atoms with Gasteiger partial charge >= 0.3 is 0 Å². The molecule has 1 aliphatic carbocycles. The molecular formula is C37H50N8O4S. The Morgan fingerprint density at radius 1 is 1.00 bits per heavy atom. The summed E-state index contributed by atoms with van der Waals surface area (Å²) in [6, 6.07) is 13.7. The number of aromatic nitrogens is 4. The van der Waals surface area contributed by atoms with Crippen molar-refractivity contribution in [2.45, 2.75) is 78.7 Å². The van der Waals surface area contributed by atoms with Crippen LogP contribution in [-0.4, -0.2) is 81.0 Å². The van der Waals surface area contributed by atoms with E-state index in [1.165, 1.54) is 22.9 Å². The molecule has 1 saturated heterocycles. The number of nitrogens with one attached hydrogen (secondary N) is 2. The number of amides is 2. The van der Waals surface area contributed by atoms with Crippen molar-refractivity contribution in [1.29, 1.82) is 0 Å². The summed E-state index contributed by atoms with van der Waals surface area (Å²) in [4.78, 5) is 49.3. The van der Waals surface area contributed by atoms with Crippen LogP contribution < -0.4 is 20.5 Å². The van der Waals surface area contributed by atoms with E-state index in [0.717, 1.165) is 23.2 Å². The molecular weight excluding hydrogens is 653 g/mol. The summed E-state index contributed by atoms with van der Waals surface area (Å²) in [7, 11) is 1.59. The number of rotatable bonds is 9. The predicted octanol–water partition coefficient (Wildman–Crippen LogP) is 5.18. The van der Waals surface area contributed by atoms with E-state index in [1.807, 2.05) is 80.8 Å². The highest BCUT2D eigenvalue weighted by molar-refractivity contribution is 8.01. The predicted molar refractivity (Wildman–Crippen MR) is 201 cm³/mol. The van der Waals surface area contributed by atoms with Gasteiger partial charge < -0.3 is 29.1 Å². The highest BCUT2D eigenvalue weighted by Gasteiger charge is 2.30. The van der Waals surface area contributed by atoms with E-state index in [1.54, 1.807) is 23.6 Å². The summed E-state index contributed by atoms with van der Waals surface area (Å²) in [6.07, 6.45) is 3.72. The second kappa shape index (κ2) is 17.0. The van der Waals surface area contributed by atoms with Crippen LogP contribution in [0, 0.1) is 0 Å². The lowest BCUT2D eigenvalue weighted by Gasteiger charge is -2.37. The molecule has 0 radical (unpaired) electrons. The molecule has 0 spiro atoms. The van der Waals surface area contributed by atoms with Crippen molar-refractivity contribution in [3.63, 3.8) is 0 Å². The first kappa shape index (κ1) is 36.9. The topological polar surface area (TPSA) is 126 Å². The number of carbonyl (C=O) groups excluding carboxylic acids is 2. The molecule has 1 saturated carbocycles. The Morgan fingerprint density at radius 3 is 2.44 bits per heavy atom. The molecule has 13 heteroatoms. The molecule has 4 aromatic rings. The standard InChI is InChI=1S/C33H38N8O4S.2C2H6/c1-3-27-29(38-13-15-39(16-14-38)31(43)25-6-4-5-7-26(25)37-46-24-10-11-24)32(44)41-33(40(27)19-28(42)34-2)35-30(36-41)22-8-9-23-20-45-17-12-21(23)18-22;2*1-2/h4-9,18,24,37H,3,10-17,19-20H2,1-2H3,(H,34,42);2*1-2H3. The van der Waals surface area contributed by atoms with Crippen molar-refractivity contribution < 1.29 is 14.3 Å². The molecule has 0 unspecified atom stereocenters. The fraction of sp³-hybridized carbons (Fsp3) is 0.486. The molecule has 268 valence electrons. The maximum absolute atomic E-state index is 14.2. The second-order valence-corrected chi connectivity index (χ2v) is 13.0. The van der Waals surface area contributed by atoms with Gasteiger partial charge in [0.05, 0.1) is 30.2 Å². The number of piperazine rings is 1. The van der Waals surface area contributed by atoms with Crippen molar-refractivity contribution in [3.8, 4) is 11.4 Å². The van der Waals surface area contributed by atoms with Gasteiger partial charge in [-0.3, -0.25) is 14.4 Å². The summed E-state index contributed by atoms with van der Waals surface area (Å²) < 4.78 is 12.1. The first-order valence-electron chi connectivity index (χ1n) is 17.9. The first-order valence-corrected chi connectivity index (χ1v) is 18.8. The van der Waals surface area contributed by atoms with Gasteiger partial charge in [-0.05, 0) is 67.0 Å². The van der Waals surface area contributed by atoms with Crippen molar-refractivity contribution >= 4 is 40.9 Å². The number of benzene rings is 2. The molecule has 50 heavy (non-hydrogen) atoms. The molecule has 3 aliphatic rings. The van der Waals surface area contributed by atoms with Gasteiger partial charge in [0.2, 0.25) is 11.7 Å². The quantitative estimate of drug-likeness (QED) is 0.227. The van der Waals surface area contributed by atoms with E-state index in [4.69, 9.17) is 14.8 Å². The van der Waals surface area contributed by atoms with Gasteiger partial charge in [0.25, 0.3) is 11.5 Å². The fourth-order valence-corrected chi connectivity index (χ4v) is 7.02. The normalized spacial score (nSPS) is 15.3. The molecule has 2 amide bonds. The monoisotopic (exact) mass is 702 g/mol. The molecule has 0 atom stereocenters. The molecule has 2 aromatic heterocycles. The average Bonchev–Trinajstić information content (AvgIpc) is 3.91. The number of likely N-dealkylation sites (N-methyl/N-ethyl adjacent to an activating group) is 1. The smallest absolute Gasteiger partial charge is 0.299 e. The van der Waals surface area contributed by atoms with E-state index in [-0.39, 0.29) is 23.9 Å². The van der Waals surface area contributed by atoms with E-state index >= 15 is 0 Å². The lowest BCUT2D eigenvalue weighted by atomic mass is 10.0. The molecule has 2 N–H and O–H groups in total. The highest BCUT2D eigenvalue weighted by Crippen LogP contribution is 2.35. The van der Waals surface area contributed by atoms with Crippen molar-refractivity contribution in [3.05, 3.63) is 75.2 Å². The van der Waals surface area contributed by atoms with Gasteiger partial charge in [-0.15, -0.1) is 5.10 Å². The number of carbonyl (C=O) groups is 2. The number of anilines is 2. The number of fused-ring (bicyclic) bond motifs is 2. The van der Waals surface area contributed by atoms with Gasteiger partial charge in [-0.1, -0.05) is 58.9 Å². The number of ether oxygens (including phenoxy) is 1. The summed E-state index contributed by atoms with van der Waals surface area (Å²) in [5.74, 6) is 0.526. The Kier molecular flexibility index (Phi) is 12.6. The van der Waals surface area contributed by atoms with Crippen LogP contribution in [0.25, 0.3) is 17.2 Å². The Labute approximate surface area is 298 Å². The van der Waals surface area contributed by atoms with Crippen LogP contribution in [0.4, 0.5) is 11.4 Å². The fourth-order valence-electron chi connectivity index (χ4n) is 6.17. The van der Waals surface area contributed by atoms with Gasteiger partial charge in [0.15, 0.2) is 5.82 Å². The van der Waals surface area contributed by atoms with E-state index in [0.29, 0.717) is 79.6 Å². The minimum atomic E-state index is -0.281. The average molecular weight is 703 g/mol. The number of hydrogen-bond donors (Lipinski definition) is 2. The molecule has 7 rings (SSSR count). The van der Waals surface area contributed by atoms with Crippen molar-refractivity contribution in [1.82, 2.24) is 29.4 Å². The largest absolute Gasteiger partial charge is 0.376 e. The zero-order valence-corrected chi connectivity index (χ0v) is 30.9. The van der Waals surface area contributed by atoms with Crippen LogP contribution in [-0.2, 0) is 35.5 Å². The molecule has 12 nitrogen and oxygen atoms in total. The molecule has 0 bridgehead atoms. The van der Waals surface area contributed by atoms with Gasteiger partial charge in [-0.25, -0.2) is 0 Å². The molecule has 2 fully saturated rings. The lowest BCUT2D eigenvalue weighted by Crippen LogP contribution is -2.51. The minimum Gasteiger partial charge on any atom is -0.376 e. The Bertz CT molecular complexity index is 1860.